The summed E-state index contributed by atoms with van der Waals surface area (Å²) in [6.45, 7) is 0.0268. The molecular formula is C16H15ClO2. The molecule has 0 saturated carbocycles. The first-order chi connectivity index (χ1) is 9.19. The standard InChI is InChI=1S/C16H15ClO2/c17-15-7-5-14(6-8-15)16(19)9-4-12-2-1-3-13(10-12)11-18/h1-3,5-8,10,18H,4,9,11H2. The molecule has 98 valence electrons. The molecule has 2 rings (SSSR count). The van der Waals surface area contributed by atoms with Gasteiger partial charge in [0.05, 0.1) is 6.61 Å². The predicted octanol–water partition coefficient (Wildman–Crippen LogP) is 3.65. The van der Waals surface area contributed by atoms with E-state index in [0.717, 1.165) is 11.1 Å². The van der Waals surface area contributed by atoms with E-state index in [1.165, 1.54) is 0 Å². The molecule has 3 heteroatoms. The van der Waals surface area contributed by atoms with E-state index in [9.17, 15) is 4.79 Å². The molecular weight excluding hydrogens is 260 g/mol. The van der Waals surface area contributed by atoms with E-state index < -0.39 is 0 Å². The summed E-state index contributed by atoms with van der Waals surface area (Å²) in [5, 5.41) is 9.70. The number of carbonyl (C=O) groups is 1. The Morgan fingerprint density at radius 1 is 1.05 bits per heavy atom. The van der Waals surface area contributed by atoms with Gasteiger partial charge in [0.15, 0.2) is 5.78 Å². The minimum absolute atomic E-state index is 0.0268. The molecule has 0 aromatic heterocycles. The molecule has 0 bridgehead atoms. The molecule has 0 unspecified atom stereocenters. The maximum Gasteiger partial charge on any atom is 0.163 e. The van der Waals surface area contributed by atoms with Crippen molar-refractivity contribution in [2.45, 2.75) is 19.4 Å². The van der Waals surface area contributed by atoms with Crippen LogP contribution in [0.1, 0.15) is 27.9 Å². The zero-order valence-corrected chi connectivity index (χ0v) is 11.2. The van der Waals surface area contributed by atoms with Gasteiger partial charge >= 0.3 is 0 Å². The first-order valence-corrected chi connectivity index (χ1v) is 6.54. The van der Waals surface area contributed by atoms with Crippen molar-refractivity contribution in [1.29, 1.82) is 0 Å². The third kappa shape index (κ3) is 3.91. The molecule has 2 aromatic rings. The first-order valence-electron chi connectivity index (χ1n) is 6.16. The summed E-state index contributed by atoms with van der Waals surface area (Å²) >= 11 is 5.79. The van der Waals surface area contributed by atoms with Crippen LogP contribution in [0.2, 0.25) is 5.02 Å². The highest BCUT2D eigenvalue weighted by Gasteiger charge is 2.06. The Bertz CT molecular complexity index is 561. The molecule has 2 nitrogen and oxygen atoms in total. The molecule has 19 heavy (non-hydrogen) atoms. The van der Waals surface area contributed by atoms with Crippen LogP contribution >= 0.6 is 11.6 Å². The molecule has 2 aromatic carbocycles. The van der Waals surface area contributed by atoms with Gasteiger partial charge < -0.3 is 5.11 Å². The molecule has 0 aliphatic carbocycles. The van der Waals surface area contributed by atoms with E-state index in [0.29, 0.717) is 23.4 Å². The summed E-state index contributed by atoms with van der Waals surface area (Å²) < 4.78 is 0. The van der Waals surface area contributed by atoms with Crippen LogP contribution in [0.4, 0.5) is 0 Å². The third-order valence-electron chi connectivity index (χ3n) is 2.98. The van der Waals surface area contributed by atoms with Gasteiger partial charge in [-0.15, -0.1) is 0 Å². The van der Waals surface area contributed by atoms with Crippen molar-refractivity contribution in [3.63, 3.8) is 0 Å². The normalized spacial score (nSPS) is 10.4. The maximum atomic E-state index is 12.0. The van der Waals surface area contributed by atoms with Gasteiger partial charge in [-0.05, 0) is 41.8 Å². The van der Waals surface area contributed by atoms with E-state index in [1.807, 2.05) is 24.3 Å². The highest BCUT2D eigenvalue weighted by molar-refractivity contribution is 6.30. The van der Waals surface area contributed by atoms with Crippen LogP contribution < -0.4 is 0 Å². The van der Waals surface area contributed by atoms with Gasteiger partial charge in [-0.3, -0.25) is 4.79 Å². The van der Waals surface area contributed by atoms with Crippen molar-refractivity contribution in [3.8, 4) is 0 Å². The van der Waals surface area contributed by atoms with Crippen LogP contribution in [-0.4, -0.2) is 10.9 Å². The SMILES string of the molecule is O=C(CCc1cccc(CO)c1)c1ccc(Cl)cc1. The van der Waals surface area contributed by atoms with E-state index in [2.05, 4.69) is 0 Å². The lowest BCUT2D eigenvalue weighted by molar-refractivity contribution is 0.0983. The van der Waals surface area contributed by atoms with Crippen molar-refractivity contribution in [2.24, 2.45) is 0 Å². The topological polar surface area (TPSA) is 37.3 Å². The number of hydrogen-bond donors (Lipinski definition) is 1. The fourth-order valence-electron chi connectivity index (χ4n) is 1.92. The lowest BCUT2D eigenvalue weighted by atomic mass is 10.0. The third-order valence-corrected chi connectivity index (χ3v) is 3.23. The molecule has 0 aliphatic heterocycles. The van der Waals surface area contributed by atoms with Crippen LogP contribution in [-0.2, 0) is 13.0 Å². The molecule has 0 fully saturated rings. The van der Waals surface area contributed by atoms with Crippen molar-refractivity contribution < 1.29 is 9.90 Å². The molecule has 0 amide bonds. The Kier molecular flexibility index (Phi) is 4.72. The fourth-order valence-corrected chi connectivity index (χ4v) is 2.05. The number of aliphatic hydroxyl groups excluding tert-OH is 1. The Labute approximate surface area is 117 Å². The second-order valence-corrected chi connectivity index (χ2v) is 4.84. The maximum absolute atomic E-state index is 12.0. The van der Waals surface area contributed by atoms with Crippen LogP contribution in [0, 0.1) is 0 Å². The Balaban J connectivity index is 1.98. The van der Waals surface area contributed by atoms with Gasteiger partial charge in [0, 0.05) is 17.0 Å². The quantitative estimate of drug-likeness (QED) is 0.845. The van der Waals surface area contributed by atoms with Crippen molar-refractivity contribution in [3.05, 3.63) is 70.2 Å². The molecule has 0 atom stereocenters. The van der Waals surface area contributed by atoms with Gasteiger partial charge in [-0.2, -0.15) is 0 Å². The van der Waals surface area contributed by atoms with Crippen molar-refractivity contribution in [2.75, 3.05) is 0 Å². The number of ketones is 1. The smallest absolute Gasteiger partial charge is 0.163 e. The highest BCUT2D eigenvalue weighted by Crippen LogP contribution is 2.13. The number of aryl methyl sites for hydroxylation is 1. The average Bonchev–Trinajstić information content (AvgIpc) is 2.46. The summed E-state index contributed by atoms with van der Waals surface area (Å²) in [5.74, 6) is 0.103. The summed E-state index contributed by atoms with van der Waals surface area (Å²) in [7, 11) is 0. The van der Waals surface area contributed by atoms with Crippen molar-refractivity contribution >= 4 is 17.4 Å². The molecule has 0 aliphatic rings. The second kappa shape index (κ2) is 6.50. The zero-order chi connectivity index (χ0) is 13.7. The summed E-state index contributed by atoms with van der Waals surface area (Å²) in [5.41, 5.74) is 2.62. The van der Waals surface area contributed by atoms with Crippen LogP contribution in [0.25, 0.3) is 0 Å². The van der Waals surface area contributed by atoms with Crippen LogP contribution in [0.15, 0.2) is 48.5 Å². The molecule has 0 heterocycles. The largest absolute Gasteiger partial charge is 0.392 e. The highest BCUT2D eigenvalue weighted by atomic mass is 35.5. The van der Waals surface area contributed by atoms with Gasteiger partial charge in [0.2, 0.25) is 0 Å². The van der Waals surface area contributed by atoms with E-state index in [-0.39, 0.29) is 12.4 Å². The van der Waals surface area contributed by atoms with Gasteiger partial charge in [-0.1, -0.05) is 35.9 Å². The molecule has 1 N–H and O–H groups in total. The summed E-state index contributed by atoms with van der Waals surface area (Å²) in [6, 6.07) is 14.6. The van der Waals surface area contributed by atoms with Crippen LogP contribution in [0.3, 0.4) is 0 Å². The van der Waals surface area contributed by atoms with Gasteiger partial charge in [0.1, 0.15) is 0 Å². The first kappa shape index (κ1) is 13.8. The Morgan fingerprint density at radius 3 is 2.42 bits per heavy atom. The fraction of sp³-hybridized carbons (Fsp3) is 0.188. The minimum atomic E-state index is 0.0268. The Hall–Kier alpha value is -1.64. The summed E-state index contributed by atoms with van der Waals surface area (Å²) in [6.07, 6.45) is 1.13. The number of hydrogen-bond acceptors (Lipinski definition) is 2. The van der Waals surface area contributed by atoms with Gasteiger partial charge in [0.25, 0.3) is 0 Å². The number of aliphatic hydroxyl groups is 1. The predicted molar refractivity (Wildman–Crippen MR) is 76.5 cm³/mol. The molecule has 0 spiro atoms. The number of halogens is 1. The second-order valence-electron chi connectivity index (χ2n) is 4.41. The van der Waals surface area contributed by atoms with E-state index >= 15 is 0 Å². The zero-order valence-electron chi connectivity index (χ0n) is 10.5. The molecule has 0 radical (unpaired) electrons. The molecule has 0 saturated heterocycles. The number of benzene rings is 2. The Morgan fingerprint density at radius 2 is 1.74 bits per heavy atom. The number of carbonyl (C=O) groups excluding carboxylic acids is 1. The van der Waals surface area contributed by atoms with E-state index in [1.54, 1.807) is 24.3 Å². The lowest BCUT2D eigenvalue weighted by Crippen LogP contribution is -2.01. The number of Topliss-reactive ketones (excluding diaryl/α,β-unsaturated/α-hetero) is 1. The van der Waals surface area contributed by atoms with E-state index in [4.69, 9.17) is 16.7 Å². The summed E-state index contributed by atoms with van der Waals surface area (Å²) in [4.78, 5) is 12.0. The monoisotopic (exact) mass is 274 g/mol. The lowest BCUT2D eigenvalue weighted by Gasteiger charge is -2.04. The minimum Gasteiger partial charge on any atom is -0.392 e. The number of rotatable bonds is 5. The van der Waals surface area contributed by atoms with Crippen LogP contribution in [0.5, 0.6) is 0 Å². The average molecular weight is 275 g/mol. The van der Waals surface area contributed by atoms with Crippen molar-refractivity contribution in [1.82, 2.24) is 0 Å². The van der Waals surface area contributed by atoms with Gasteiger partial charge in [-0.25, -0.2) is 0 Å².